The van der Waals surface area contributed by atoms with Gasteiger partial charge in [-0.05, 0) is 43.2 Å². The van der Waals surface area contributed by atoms with Gasteiger partial charge in [0.15, 0.2) is 11.6 Å². The number of nitrogens with two attached hydrogens (primary N) is 1. The maximum Gasteiger partial charge on any atom is 0.261 e. The topological polar surface area (TPSA) is 75.4 Å². The summed E-state index contributed by atoms with van der Waals surface area (Å²) in [5.74, 6) is -2.52. The second-order valence-electron chi connectivity index (χ2n) is 6.33. The molecule has 1 aromatic carbocycles. The molecule has 1 fully saturated rings. The van der Waals surface area contributed by atoms with Gasteiger partial charge in [-0.1, -0.05) is 6.07 Å². The summed E-state index contributed by atoms with van der Waals surface area (Å²) in [5.41, 5.74) is 5.90. The molecule has 1 aliphatic rings. The molecule has 5 nitrogen and oxygen atoms in total. The Morgan fingerprint density at radius 1 is 1.23 bits per heavy atom. The molecule has 1 aliphatic heterocycles. The van der Waals surface area contributed by atoms with Crippen molar-refractivity contribution in [2.24, 2.45) is 5.73 Å². The maximum atomic E-state index is 13.4. The van der Waals surface area contributed by atoms with E-state index in [-0.39, 0.29) is 18.0 Å². The fourth-order valence-electron chi connectivity index (χ4n) is 3.09. The molecular formula is C18H19F2N3O2S. The zero-order chi connectivity index (χ0) is 18.8. The van der Waals surface area contributed by atoms with E-state index in [0.29, 0.717) is 21.9 Å². The smallest absolute Gasteiger partial charge is 0.261 e. The lowest BCUT2D eigenvalue weighted by molar-refractivity contribution is 0.0940. The van der Waals surface area contributed by atoms with Gasteiger partial charge in [0.25, 0.3) is 11.8 Å². The summed E-state index contributed by atoms with van der Waals surface area (Å²) in [6, 6.07) is 6.90. The van der Waals surface area contributed by atoms with Crippen molar-refractivity contribution < 1.29 is 18.4 Å². The second-order valence-corrected chi connectivity index (χ2v) is 7.42. The third-order valence-electron chi connectivity index (χ3n) is 4.60. The van der Waals surface area contributed by atoms with Crippen molar-refractivity contribution in [1.82, 2.24) is 10.2 Å². The number of nitrogens with one attached hydrogen (secondary N) is 1. The van der Waals surface area contributed by atoms with Crippen LogP contribution in [-0.4, -0.2) is 35.8 Å². The molecule has 26 heavy (non-hydrogen) atoms. The molecule has 2 amide bonds. The van der Waals surface area contributed by atoms with Gasteiger partial charge in [0, 0.05) is 25.2 Å². The molecule has 0 bridgehead atoms. The van der Waals surface area contributed by atoms with Crippen LogP contribution in [0.15, 0.2) is 30.3 Å². The van der Waals surface area contributed by atoms with Gasteiger partial charge in [-0.2, -0.15) is 0 Å². The fraction of sp³-hybridized carbons (Fsp3) is 0.333. The third-order valence-corrected chi connectivity index (χ3v) is 5.70. The summed E-state index contributed by atoms with van der Waals surface area (Å²) >= 11 is 1.06. The first-order valence-corrected chi connectivity index (χ1v) is 9.06. The number of hydrogen-bond acceptors (Lipinski definition) is 4. The first-order chi connectivity index (χ1) is 12.3. The lowest BCUT2D eigenvalue weighted by Gasteiger charge is -2.25. The molecule has 1 aromatic heterocycles. The number of carbonyl (C=O) groups excluding carboxylic acids is 2. The molecule has 138 valence electrons. The Hall–Kier alpha value is -2.32. The average Bonchev–Trinajstić information content (AvgIpc) is 3.26. The van der Waals surface area contributed by atoms with Crippen molar-refractivity contribution in [3.05, 3.63) is 57.3 Å². The molecule has 1 saturated heterocycles. The van der Waals surface area contributed by atoms with E-state index in [0.717, 1.165) is 30.4 Å². The first-order valence-electron chi connectivity index (χ1n) is 8.24. The molecule has 8 heteroatoms. The lowest BCUT2D eigenvalue weighted by atomic mass is 10.1. The van der Waals surface area contributed by atoms with E-state index < -0.39 is 17.5 Å². The van der Waals surface area contributed by atoms with E-state index >= 15 is 0 Å². The van der Waals surface area contributed by atoms with Gasteiger partial charge in [0.1, 0.15) is 0 Å². The largest absolute Gasteiger partial charge is 0.365 e. The minimum Gasteiger partial charge on any atom is -0.365 e. The molecule has 3 rings (SSSR count). The van der Waals surface area contributed by atoms with Crippen LogP contribution in [0.2, 0.25) is 0 Å². The molecule has 2 heterocycles. The Labute approximate surface area is 153 Å². The van der Waals surface area contributed by atoms with Crippen molar-refractivity contribution in [2.45, 2.75) is 25.4 Å². The number of likely N-dealkylation sites (tertiary alicyclic amines) is 1. The Kier molecular flexibility index (Phi) is 5.33. The Balaban J connectivity index is 1.59. The van der Waals surface area contributed by atoms with Gasteiger partial charge in [0.2, 0.25) is 0 Å². The van der Waals surface area contributed by atoms with Crippen LogP contribution in [0, 0.1) is 11.6 Å². The van der Waals surface area contributed by atoms with E-state index in [4.69, 9.17) is 5.73 Å². The van der Waals surface area contributed by atoms with Gasteiger partial charge in [-0.3, -0.25) is 14.5 Å². The minimum absolute atomic E-state index is 0.0469. The Morgan fingerprint density at radius 2 is 1.96 bits per heavy atom. The molecule has 2 atom stereocenters. The van der Waals surface area contributed by atoms with E-state index in [1.165, 1.54) is 12.1 Å². The zero-order valence-electron chi connectivity index (χ0n) is 14.2. The number of carbonyl (C=O) groups is 2. The molecule has 0 radical (unpaired) electrons. The van der Waals surface area contributed by atoms with Crippen molar-refractivity contribution in [2.75, 3.05) is 13.1 Å². The van der Waals surface area contributed by atoms with Crippen molar-refractivity contribution in [3.63, 3.8) is 0 Å². The molecule has 2 aromatic rings. The first kappa shape index (κ1) is 18.5. The number of benzene rings is 1. The number of nitrogens with zero attached hydrogens (tertiary/aromatic N) is 1. The molecule has 0 saturated carbocycles. The number of halogens is 2. The standard InChI is InChI=1S/C18H19F2N3O2S/c1-10(11-2-3-13(19)14(20)8-11)23-7-6-12(9-23)22-18(25)16-5-4-15(26-16)17(21)24/h2-5,8,10,12H,6-7,9H2,1H3,(H2,21,24)(H,22,25). The lowest BCUT2D eigenvalue weighted by Crippen LogP contribution is -2.37. The van der Waals surface area contributed by atoms with Crippen LogP contribution >= 0.6 is 11.3 Å². The number of hydrogen-bond donors (Lipinski definition) is 2. The normalized spacial score (nSPS) is 18.7. The molecule has 0 aliphatic carbocycles. The average molecular weight is 379 g/mol. The summed E-state index contributed by atoms with van der Waals surface area (Å²) in [6.07, 6.45) is 0.758. The highest BCUT2D eigenvalue weighted by Gasteiger charge is 2.28. The highest BCUT2D eigenvalue weighted by atomic mass is 32.1. The molecular weight excluding hydrogens is 360 g/mol. The minimum atomic E-state index is -0.862. The Bertz CT molecular complexity index is 840. The van der Waals surface area contributed by atoms with Crippen molar-refractivity contribution >= 4 is 23.2 Å². The van der Waals surface area contributed by atoms with Gasteiger partial charge in [-0.15, -0.1) is 11.3 Å². The second kappa shape index (κ2) is 7.51. The highest BCUT2D eigenvalue weighted by Crippen LogP contribution is 2.26. The number of rotatable bonds is 5. The van der Waals surface area contributed by atoms with Crippen molar-refractivity contribution in [3.8, 4) is 0 Å². The van der Waals surface area contributed by atoms with Crippen LogP contribution in [0.1, 0.15) is 44.3 Å². The van der Waals surface area contributed by atoms with E-state index in [1.54, 1.807) is 12.1 Å². The van der Waals surface area contributed by atoms with Crippen LogP contribution in [0.5, 0.6) is 0 Å². The van der Waals surface area contributed by atoms with Gasteiger partial charge < -0.3 is 11.1 Å². The summed E-state index contributed by atoms with van der Waals surface area (Å²) in [5, 5.41) is 2.95. The van der Waals surface area contributed by atoms with Crippen LogP contribution in [0.3, 0.4) is 0 Å². The number of thiophene rings is 1. The van der Waals surface area contributed by atoms with Gasteiger partial charge in [0.05, 0.1) is 9.75 Å². The van der Waals surface area contributed by atoms with Crippen LogP contribution in [0.4, 0.5) is 8.78 Å². The summed E-state index contributed by atoms with van der Waals surface area (Å²) < 4.78 is 26.5. The maximum absolute atomic E-state index is 13.4. The number of amides is 2. The van der Waals surface area contributed by atoms with E-state index in [1.807, 2.05) is 6.92 Å². The molecule has 3 N–H and O–H groups in total. The quantitative estimate of drug-likeness (QED) is 0.839. The highest BCUT2D eigenvalue weighted by molar-refractivity contribution is 7.15. The summed E-state index contributed by atoms with van der Waals surface area (Å²) in [7, 11) is 0. The third kappa shape index (κ3) is 3.91. The SMILES string of the molecule is CC(c1ccc(F)c(F)c1)N1CCC(NC(=O)c2ccc(C(N)=O)s2)C1. The Morgan fingerprint density at radius 3 is 2.62 bits per heavy atom. The molecule has 0 spiro atoms. The molecule has 2 unspecified atom stereocenters. The van der Waals surface area contributed by atoms with Crippen LogP contribution in [0.25, 0.3) is 0 Å². The predicted molar refractivity (Wildman–Crippen MR) is 95.1 cm³/mol. The van der Waals surface area contributed by atoms with E-state index in [2.05, 4.69) is 10.2 Å². The van der Waals surface area contributed by atoms with E-state index in [9.17, 15) is 18.4 Å². The zero-order valence-corrected chi connectivity index (χ0v) is 15.0. The van der Waals surface area contributed by atoms with Gasteiger partial charge in [-0.25, -0.2) is 8.78 Å². The summed E-state index contributed by atoms with van der Waals surface area (Å²) in [6.45, 7) is 3.28. The van der Waals surface area contributed by atoms with Crippen LogP contribution in [-0.2, 0) is 0 Å². The van der Waals surface area contributed by atoms with Gasteiger partial charge >= 0.3 is 0 Å². The van der Waals surface area contributed by atoms with Crippen molar-refractivity contribution in [1.29, 1.82) is 0 Å². The predicted octanol–water partition coefficient (Wildman–Crippen LogP) is 2.69. The fourth-order valence-corrected chi connectivity index (χ4v) is 3.85. The van der Waals surface area contributed by atoms with Crippen LogP contribution < -0.4 is 11.1 Å². The number of primary amides is 1. The summed E-state index contributed by atoms with van der Waals surface area (Å²) in [4.78, 5) is 26.3. The monoisotopic (exact) mass is 379 g/mol.